The molecule has 1 aromatic heterocycles. The van der Waals surface area contributed by atoms with E-state index in [0.29, 0.717) is 11.2 Å². The lowest BCUT2D eigenvalue weighted by molar-refractivity contribution is 0.244. The summed E-state index contributed by atoms with van der Waals surface area (Å²) < 4.78 is 0.984. The number of nitrogens with one attached hydrogen (secondary N) is 2. The van der Waals surface area contributed by atoms with E-state index in [9.17, 15) is 4.79 Å². The Labute approximate surface area is 121 Å². The van der Waals surface area contributed by atoms with E-state index in [1.807, 2.05) is 18.2 Å². The van der Waals surface area contributed by atoms with Gasteiger partial charge in [0.1, 0.15) is 0 Å². The zero-order valence-corrected chi connectivity index (χ0v) is 12.0. The van der Waals surface area contributed by atoms with Crippen LogP contribution in [-0.2, 0) is 0 Å². The van der Waals surface area contributed by atoms with E-state index in [0.717, 1.165) is 28.7 Å². The highest BCUT2D eigenvalue weighted by Crippen LogP contribution is 2.26. The fraction of sp³-hybridized carbons (Fsp3) is 0.429. The summed E-state index contributed by atoms with van der Waals surface area (Å²) in [4.78, 5) is 16.2. The Bertz CT molecular complexity index is 619. The van der Waals surface area contributed by atoms with Crippen molar-refractivity contribution in [3.63, 3.8) is 0 Å². The van der Waals surface area contributed by atoms with Crippen molar-refractivity contribution in [1.82, 2.24) is 10.3 Å². The first kappa shape index (κ1) is 13.2. The molecule has 20 heavy (non-hydrogen) atoms. The first-order valence-corrected chi connectivity index (χ1v) is 7.76. The molecule has 1 aliphatic rings. The van der Waals surface area contributed by atoms with Crippen molar-refractivity contribution in [2.75, 3.05) is 11.1 Å². The third kappa shape index (κ3) is 3.01. The van der Waals surface area contributed by atoms with Gasteiger partial charge in [0, 0.05) is 11.7 Å². The molecule has 0 radical (unpaired) electrons. The molecule has 0 atom stereocenters. The summed E-state index contributed by atoms with van der Waals surface area (Å²) in [5.41, 5.74) is 7.31. The molecule has 0 spiro atoms. The maximum atomic E-state index is 12.0. The summed E-state index contributed by atoms with van der Waals surface area (Å²) in [5.74, 6) is 0. The molecule has 1 heterocycles. The molecule has 0 unspecified atom stereocenters. The molecular weight excluding hydrogens is 272 g/mol. The summed E-state index contributed by atoms with van der Waals surface area (Å²) in [6.45, 7) is 0. The average Bonchev–Trinajstić information content (AvgIpc) is 2.79. The number of aromatic nitrogens is 1. The molecule has 0 aliphatic heterocycles. The summed E-state index contributed by atoms with van der Waals surface area (Å²) in [5, 5.41) is 6.46. The monoisotopic (exact) mass is 290 g/mol. The van der Waals surface area contributed by atoms with E-state index < -0.39 is 0 Å². The van der Waals surface area contributed by atoms with Crippen LogP contribution in [0.1, 0.15) is 32.1 Å². The quantitative estimate of drug-likeness (QED) is 0.793. The smallest absolute Gasteiger partial charge is 0.319 e. The fourth-order valence-corrected chi connectivity index (χ4v) is 3.39. The van der Waals surface area contributed by atoms with E-state index in [1.54, 1.807) is 0 Å². The number of amides is 2. The third-order valence-electron chi connectivity index (χ3n) is 3.60. The molecule has 106 valence electrons. The average molecular weight is 290 g/mol. The van der Waals surface area contributed by atoms with Crippen molar-refractivity contribution in [3.05, 3.63) is 18.2 Å². The van der Waals surface area contributed by atoms with E-state index in [1.165, 1.54) is 30.6 Å². The van der Waals surface area contributed by atoms with Gasteiger partial charge in [0.15, 0.2) is 5.13 Å². The zero-order chi connectivity index (χ0) is 13.9. The van der Waals surface area contributed by atoms with Gasteiger partial charge in [-0.25, -0.2) is 9.78 Å². The summed E-state index contributed by atoms with van der Waals surface area (Å²) in [7, 11) is 0. The number of rotatable bonds is 2. The second-order valence-electron chi connectivity index (χ2n) is 5.17. The van der Waals surface area contributed by atoms with Gasteiger partial charge in [-0.2, -0.15) is 0 Å². The van der Waals surface area contributed by atoms with E-state index in [2.05, 4.69) is 15.6 Å². The molecule has 5 nitrogen and oxygen atoms in total. The number of carbonyl (C=O) groups is 1. The van der Waals surface area contributed by atoms with Gasteiger partial charge < -0.3 is 16.4 Å². The van der Waals surface area contributed by atoms with Crippen LogP contribution in [0.15, 0.2) is 18.2 Å². The Morgan fingerprint density at radius 2 is 2.10 bits per heavy atom. The minimum atomic E-state index is -0.131. The predicted octanol–water partition coefficient (Wildman–Crippen LogP) is 3.33. The predicted molar refractivity (Wildman–Crippen MR) is 83.1 cm³/mol. The number of nitrogen functional groups attached to an aromatic ring is 1. The van der Waals surface area contributed by atoms with Gasteiger partial charge in [0.05, 0.1) is 10.2 Å². The standard InChI is InChI=1S/C14H18N4OS/c15-13-18-11-7-6-10(8-12(11)20-13)17-14(19)16-9-4-2-1-3-5-9/h6-9H,1-5H2,(H2,15,18)(H2,16,17,19). The molecule has 1 fully saturated rings. The molecule has 6 heteroatoms. The first-order chi connectivity index (χ1) is 9.70. The molecule has 1 aromatic carbocycles. The molecule has 1 saturated carbocycles. The number of anilines is 2. The molecule has 2 aromatic rings. The van der Waals surface area contributed by atoms with Crippen LogP contribution in [0.5, 0.6) is 0 Å². The largest absolute Gasteiger partial charge is 0.375 e. The number of benzene rings is 1. The van der Waals surface area contributed by atoms with Gasteiger partial charge in [-0.3, -0.25) is 0 Å². The second kappa shape index (κ2) is 5.66. The number of thiazole rings is 1. The van der Waals surface area contributed by atoms with Crippen LogP contribution in [0, 0.1) is 0 Å². The highest BCUT2D eigenvalue weighted by atomic mass is 32.1. The maximum Gasteiger partial charge on any atom is 0.319 e. The van der Waals surface area contributed by atoms with Crippen LogP contribution in [-0.4, -0.2) is 17.1 Å². The normalized spacial score (nSPS) is 16.2. The fourth-order valence-electron chi connectivity index (χ4n) is 2.62. The molecule has 0 bridgehead atoms. The van der Waals surface area contributed by atoms with Crippen molar-refractivity contribution in [2.24, 2.45) is 0 Å². The van der Waals surface area contributed by atoms with Gasteiger partial charge >= 0.3 is 6.03 Å². The minimum absolute atomic E-state index is 0.131. The highest BCUT2D eigenvalue weighted by Gasteiger charge is 2.15. The van der Waals surface area contributed by atoms with Crippen LogP contribution in [0.2, 0.25) is 0 Å². The van der Waals surface area contributed by atoms with Crippen molar-refractivity contribution >= 4 is 38.4 Å². The van der Waals surface area contributed by atoms with Gasteiger partial charge in [-0.1, -0.05) is 30.6 Å². The molecule has 4 N–H and O–H groups in total. The van der Waals surface area contributed by atoms with Crippen LogP contribution in [0.4, 0.5) is 15.6 Å². The van der Waals surface area contributed by atoms with Gasteiger partial charge in [-0.15, -0.1) is 0 Å². The zero-order valence-electron chi connectivity index (χ0n) is 11.2. The number of carbonyl (C=O) groups excluding carboxylic acids is 1. The molecule has 2 amide bonds. The Balaban J connectivity index is 1.64. The molecule has 1 aliphatic carbocycles. The number of hydrogen-bond acceptors (Lipinski definition) is 4. The lowest BCUT2D eigenvalue weighted by atomic mass is 9.96. The lowest BCUT2D eigenvalue weighted by Crippen LogP contribution is -2.38. The Morgan fingerprint density at radius 1 is 1.30 bits per heavy atom. The summed E-state index contributed by atoms with van der Waals surface area (Å²) in [6, 6.07) is 5.81. The van der Waals surface area contributed by atoms with E-state index in [-0.39, 0.29) is 6.03 Å². The summed E-state index contributed by atoms with van der Waals surface area (Å²) in [6.07, 6.45) is 5.85. The second-order valence-corrected chi connectivity index (χ2v) is 6.23. The van der Waals surface area contributed by atoms with Gasteiger partial charge in [0.25, 0.3) is 0 Å². The minimum Gasteiger partial charge on any atom is -0.375 e. The van der Waals surface area contributed by atoms with Crippen molar-refractivity contribution in [2.45, 2.75) is 38.1 Å². The number of nitrogens with zero attached hydrogens (tertiary/aromatic N) is 1. The van der Waals surface area contributed by atoms with Gasteiger partial charge in [0.2, 0.25) is 0 Å². The molecular formula is C14H18N4OS. The Morgan fingerprint density at radius 3 is 2.90 bits per heavy atom. The number of fused-ring (bicyclic) bond motifs is 1. The van der Waals surface area contributed by atoms with Crippen LogP contribution >= 0.6 is 11.3 Å². The first-order valence-electron chi connectivity index (χ1n) is 6.94. The van der Waals surface area contributed by atoms with Crippen molar-refractivity contribution in [1.29, 1.82) is 0 Å². The topological polar surface area (TPSA) is 80.0 Å². The third-order valence-corrected chi connectivity index (χ3v) is 4.45. The Kier molecular flexibility index (Phi) is 3.73. The van der Waals surface area contributed by atoms with Crippen molar-refractivity contribution < 1.29 is 4.79 Å². The van der Waals surface area contributed by atoms with Gasteiger partial charge in [-0.05, 0) is 31.0 Å². The summed E-state index contributed by atoms with van der Waals surface area (Å²) >= 11 is 1.42. The number of hydrogen-bond donors (Lipinski definition) is 3. The Hall–Kier alpha value is -1.82. The lowest BCUT2D eigenvalue weighted by Gasteiger charge is -2.22. The highest BCUT2D eigenvalue weighted by molar-refractivity contribution is 7.22. The maximum absolute atomic E-state index is 12.0. The number of urea groups is 1. The van der Waals surface area contributed by atoms with Crippen molar-refractivity contribution in [3.8, 4) is 0 Å². The molecule has 0 saturated heterocycles. The van der Waals surface area contributed by atoms with Crippen LogP contribution in [0.25, 0.3) is 10.2 Å². The van der Waals surface area contributed by atoms with E-state index in [4.69, 9.17) is 5.73 Å². The van der Waals surface area contributed by atoms with Crippen LogP contribution < -0.4 is 16.4 Å². The SMILES string of the molecule is Nc1nc2ccc(NC(=O)NC3CCCCC3)cc2s1. The number of nitrogens with two attached hydrogens (primary N) is 1. The van der Waals surface area contributed by atoms with Crippen LogP contribution in [0.3, 0.4) is 0 Å². The van der Waals surface area contributed by atoms with E-state index >= 15 is 0 Å². The molecule has 3 rings (SSSR count).